The third-order valence-corrected chi connectivity index (χ3v) is 4.92. The summed E-state index contributed by atoms with van der Waals surface area (Å²) in [5.74, 6) is -0.330. The van der Waals surface area contributed by atoms with Crippen LogP contribution in [0, 0.1) is 11.7 Å². The Morgan fingerprint density at radius 1 is 1.41 bits per heavy atom. The van der Waals surface area contributed by atoms with Crippen molar-refractivity contribution in [3.05, 3.63) is 28.5 Å². The number of hydrogen-bond acceptors (Lipinski definition) is 2. The Morgan fingerprint density at radius 3 is 2.65 bits per heavy atom. The third-order valence-electron chi connectivity index (χ3n) is 2.97. The molecular weight excluding hydrogens is 309 g/mol. The second-order valence-electron chi connectivity index (χ2n) is 4.22. The number of hydrogen-bond donors (Lipinski definition) is 1. The molecule has 0 aliphatic heterocycles. The van der Waals surface area contributed by atoms with Crippen molar-refractivity contribution >= 4 is 26.0 Å². The first-order valence-electron chi connectivity index (χ1n) is 5.44. The molecule has 6 heteroatoms. The molecule has 1 aromatic rings. The van der Waals surface area contributed by atoms with Gasteiger partial charge < -0.3 is 0 Å². The summed E-state index contributed by atoms with van der Waals surface area (Å²) in [7, 11) is -3.72. The summed E-state index contributed by atoms with van der Waals surface area (Å²) in [6.45, 7) is 0.401. The molecule has 1 aromatic carbocycles. The van der Waals surface area contributed by atoms with E-state index in [0.29, 0.717) is 16.9 Å². The summed E-state index contributed by atoms with van der Waals surface area (Å²) in [4.78, 5) is -0.292. The highest BCUT2D eigenvalue weighted by Gasteiger charge is 2.23. The van der Waals surface area contributed by atoms with E-state index in [1.54, 1.807) is 0 Å². The van der Waals surface area contributed by atoms with Gasteiger partial charge in [0.1, 0.15) is 10.7 Å². The van der Waals surface area contributed by atoms with Gasteiger partial charge in [0.15, 0.2) is 0 Å². The summed E-state index contributed by atoms with van der Waals surface area (Å²) in [5.41, 5.74) is 0. The lowest BCUT2D eigenvalue weighted by Crippen LogP contribution is -2.32. The lowest BCUT2D eigenvalue weighted by molar-refractivity contribution is 0.316. The second-order valence-corrected chi connectivity index (χ2v) is 6.87. The maximum Gasteiger partial charge on any atom is 0.243 e. The second kappa shape index (κ2) is 5.04. The fourth-order valence-electron chi connectivity index (χ4n) is 1.70. The molecule has 0 aromatic heterocycles. The monoisotopic (exact) mass is 321 g/mol. The molecule has 0 bridgehead atoms. The zero-order chi connectivity index (χ0) is 12.5. The van der Waals surface area contributed by atoms with E-state index in [-0.39, 0.29) is 4.90 Å². The average molecular weight is 322 g/mol. The summed E-state index contributed by atoms with van der Waals surface area (Å²) in [5, 5.41) is 0. The van der Waals surface area contributed by atoms with Gasteiger partial charge in [-0.05, 0) is 37.0 Å². The van der Waals surface area contributed by atoms with Crippen molar-refractivity contribution in [3.8, 4) is 0 Å². The van der Waals surface area contributed by atoms with Gasteiger partial charge in [0.2, 0.25) is 10.0 Å². The van der Waals surface area contributed by atoms with Gasteiger partial charge in [0, 0.05) is 11.0 Å². The number of rotatable bonds is 4. The topological polar surface area (TPSA) is 46.2 Å². The summed E-state index contributed by atoms with van der Waals surface area (Å²) >= 11 is 3.09. The van der Waals surface area contributed by atoms with Crippen LogP contribution in [-0.4, -0.2) is 15.0 Å². The average Bonchev–Trinajstić information content (AvgIpc) is 2.13. The zero-order valence-corrected chi connectivity index (χ0v) is 11.5. The zero-order valence-electron chi connectivity index (χ0n) is 9.12. The Labute approximate surface area is 109 Å². The number of sulfonamides is 1. The molecule has 0 saturated heterocycles. The van der Waals surface area contributed by atoms with Gasteiger partial charge in [-0.1, -0.05) is 22.4 Å². The van der Waals surface area contributed by atoms with Gasteiger partial charge in [-0.25, -0.2) is 17.5 Å². The Kier molecular flexibility index (Phi) is 3.85. The highest BCUT2D eigenvalue weighted by molar-refractivity contribution is 9.10. The lowest BCUT2D eigenvalue weighted by Gasteiger charge is -2.25. The van der Waals surface area contributed by atoms with Crippen molar-refractivity contribution in [1.82, 2.24) is 4.72 Å². The van der Waals surface area contributed by atoms with Gasteiger partial charge in [-0.3, -0.25) is 0 Å². The molecule has 1 saturated carbocycles. The highest BCUT2D eigenvalue weighted by Crippen LogP contribution is 2.26. The molecule has 1 fully saturated rings. The molecule has 1 aliphatic carbocycles. The van der Waals surface area contributed by atoms with Crippen LogP contribution in [0.5, 0.6) is 0 Å². The predicted molar refractivity (Wildman–Crippen MR) is 66.6 cm³/mol. The summed E-state index contributed by atoms with van der Waals surface area (Å²) in [6.07, 6.45) is 3.25. The van der Waals surface area contributed by atoms with Crippen LogP contribution in [0.15, 0.2) is 27.6 Å². The molecule has 1 N–H and O–H groups in total. The van der Waals surface area contributed by atoms with Crippen molar-refractivity contribution in [2.75, 3.05) is 6.54 Å². The molecule has 0 amide bonds. The van der Waals surface area contributed by atoms with Crippen molar-refractivity contribution < 1.29 is 12.8 Å². The van der Waals surface area contributed by atoms with Crippen LogP contribution in [-0.2, 0) is 10.0 Å². The van der Waals surface area contributed by atoms with E-state index in [1.165, 1.54) is 12.1 Å². The number of nitrogens with one attached hydrogen (secondary N) is 1. The van der Waals surface area contributed by atoms with Gasteiger partial charge in [0.25, 0.3) is 0 Å². The fourth-order valence-corrected chi connectivity index (χ4v) is 3.20. The molecule has 0 atom stereocenters. The van der Waals surface area contributed by atoms with Crippen molar-refractivity contribution in [3.63, 3.8) is 0 Å². The minimum absolute atomic E-state index is 0.292. The molecule has 0 unspecified atom stereocenters. The van der Waals surface area contributed by atoms with E-state index >= 15 is 0 Å². The fraction of sp³-hybridized carbons (Fsp3) is 0.455. The first kappa shape index (κ1) is 13.0. The highest BCUT2D eigenvalue weighted by atomic mass is 79.9. The number of halogens is 2. The van der Waals surface area contributed by atoms with E-state index in [2.05, 4.69) is 20.7 Å². The Morgan fingerprint density at radius 2 is 2.12 bits per heavy atom. The van der Waals surface area contributed by atoms with Gasteiger partial charge in [-0.2, -0.15) is 0 Å². The molecule has 0 spiro atoms. The van der Waals surface area contributed by atoms with Crippen LogP contribution in [0.4, 0.5) is 4.39 Å². The van der Waals surface area contributed by atoms with Crippen molar-refractivity contribution in [2.24, 2.45) is 5.92 Å². The van der Waals surface area contributed by atoms with Crippen LogP contribution >= 0.6 is 15.9 Å². The molecule has 2 rings (SSSR count). The molecule has 17 heavy (non-hydrogen) atoms. The summed E-state index contributed by atoms with van der Waals surface area (Å²) < 4.78 is 40.2. The van der Waals surface area contributed by atoms with Gasteiger partial charge in [0.05, 0.1) is 0 Å². The standard InChI is InChI=1S/C11H13BrFNO2S/c12-9-4-5-11(10(13)6-9)17(15,16)14-7-8-2-1-3-8/h4-6,8,14H,1-3,7H2. The minimum Gasteiger partial charge on any atom is -0.211 e. The molecule has 94 valence electrons. The smallest absolute Gasteiger partial charge is 0.211 e. The normalized spacial score (nSPS) is 16.8. The first-order valence-corrected chi connectivity index (χ1v) is 7.71. The third kappa shape index (κ3) is 3.05. The van der Waals surface area contributed by atoms with Crippen LogP contribution in [0.3, 0.4) is 0 Å². The SMILES string of the molecule is O=S(=O)(NCC1CCC1)c1ccc(Br)cc1F. The van der Waals surface area contributed by atoms with Gasteiger partial charge in [-0.15, -0.1) is 0 Å². The molecule has 3 nitrogen and oxygen atoms in total. The van der Waals surface area contributed by atoms with E-state index in [4.69, 9.17) is 0 Å². The van der Waals surface area contributed by atoms with Crippen LogP contribution in [0.1, 0.15) is 19.3 Å². The maximum atomic E-state index is 13.5. The van der Waals surface area contributed by atoms with Crippen LogP contribution in [0.2, 0.25) is 0 Å². The Hall–Kier alpha value is -0.460. The Bertz CT molecular complexity index is 514. The van der Waals surface area contributed by atoms with Crippen LogP contribution in [0.25, 0.3) is 0 Å². The van der Waals surface area contributed by atoms with Crippen LogP contribution < -0.4 is 4.72 Å². The first-order chi connectivity index (χ1) is 7.99. The van der Waals surface area contributed by atoms with E-state index in [0.717, 1.165) is 25.3 Å². The minimum atomic E-state index is -3.72. The van der Waals surface area contributed by atoms with E-state index in [1.807, 2.05) is 0 Å². The van der Waals surface area contributed by atoms with E-state index in [9.17, 15) is 12.8 Å². The molecule has 0 heterocycles. The van der Waals surface area contributed by atoms with Gasteiger partial charge >= 0.3 is 0 Å². The molecule has 0 radical (unpaired) electrons. The lowest BCUT2D eigenvalue weighted by atomic mass is 9.86. The largest absolute Gasteiger partial charge is 0.243 e. The molecular formula is C11H13BrFNO2S. The van der Waals surface area contributed by atoms with Crippen molar-refractivity contribution in [2.45, 2.75) is 24.2 Å². The predicted octanol–water partition coefficient (Wildman–Crippen LogP) is 2.67. The molecule has 1 aliphatic rings. The quantitative estimate of drug-likeness (QED) is 0.926. The van der Waals surface area contributed by atoms with E-state index < -0.39 is 15.8 Å². The number of benzene rings is 1. The maximum absolute atomic E-state index is 13.5. The van der Waals surface area contributed by atoms with Crippen molar-refractivity contribution in [1.29, 1.82) is 0 Å². The Balaban J connectivity index is 2.12. The summed E-state index contributed by atoms with van der Waals surface area (Å²) in [6, 6.07) is 3.93.